The Hall–Kier alpha value is -0.530. The normalized spacial score (nSPS) is 20.8. The van der Waals surface area contributed by atoms with Gasteiger partial charge in [0.15, 0.2) is 0 Å². The van der Waals surface area contributed by atoms with Gasteiger partial charge in [-0.25, -0.2) is 0 Å². The van der Waals surface area contributed by atoms with E-state index in [0.717, 1.165) is 11.6 Å². The van der Waals surface area contributed by atoms with Crippen LogP contribution in [0.1, 0.15) is 31.0 Å². The molecule has 0 aromatic heterocycles. The molecule has 2 heteroatoms. The molecule has 2 rings (SSSR count). The van der Waals surface area contributed by atoms with E-state index < -0.39 is 0 Å². The molecule has 0 saturated heterocycles. The lowest BCUT2D eigenvalue weighted by Gasteiger charge is -2.17. The van der Waals surface area contributed by atoms with Gasteiger partial charge in [0.25, 0.3) is 0 Å². The Labute approximate surface area is 84.1 Å². The van der Waals surface area contributed by atoms with Gasteiger partial charge in [-0.3, -0.25) is 0 Å². The molecule has 1 aromatic carbocycles. The van der Waals surface area contributed by atoms with E-state index in [9.17, 15) is 0 Å². The molecule has 1 atom stereocenters. The number of rotatable bonds is 1. The summed E-state index contributed by atoms with van der Waals surface area (Å²) >= 11 is 6.17. The molecule has 0 bridgehead atoms. The first-order valence-electron chi connectivity index (χ1n) is 4.71. The Morgan fingerprint density at radius 2 is 2.23 bits per heavy atom. The van der Waals surface area contributed by atoms with Gasteiger partial charge in [-0.05, 0) is 23.1 Å². The van der Waals surface area contributed by atoms with E-state index in [0.29, 0.717) is 12.0 Å². The van der Waals surface area contributed by atoms with E-state index >= 15 is 0 Å². The summed E-state index contributed by atoms with van der Waals surface area (Å²) in [4.78, 5) is 0. The second-order valence-electron chi connectivity index (χ2n) is 3.92. The highest BCUT2D eigenvalue weighted by atomic mass is 35.5. The summed E-state index contributed by atoms with van der Waals surface area (Å²) in [5.74, 6) is 0.598. The Kier molecular flexibility index (Phi) is 2.31. The summed E-state index contributed by atoms with van der Waals surface area (Å²) in [6.45, 7) is 5.39. The summed E-state index contributed by atoms with van der Waals surface area (Å²) in [5.41, 5.74) is 2.66. The summed E-state index contributed by atoms with van der Waals surface area (Å²) in [7, 11) is 0. The van der Waals surface area contributed by atoms with Crippen LogP contribution in [0.25, 0.3) is 0 Å². The van der Waals surface area contributed by atoms with Gasteiger partial charge in [0.1, 0.15) is 0 Å². The Bertz CT molecular complexity index is 320. The molecule has 1 heterocycles. The first-order valence-corrected chi connectivity index (χ1v) is 5.08. The second-order valence-corrected chi connectivity index (χ2v) is 4.32. The minimum atomic E-state index is 0.434. The molecule has 0 saturated carbocycles. The summed E-state index contributed by atoms with van der Waals surface area (Å²) in [6.07, 6.45) is 0. The van der Waals surface area contributed by atoms with Crippen LogP contribution in [0.4, 0.5) is 0 Å². The molecule has 13 heavy (non-hydrogen) atoms. The average molecular weight is 196 g/mol. The van der Waals surface area contributed by atoms with Crippen molar-refractivity contribution in [3.05, 3.63) is 34.3 Å². The smallest absolute Gasteiger partial charge is 0.0457 e. The third-order valence-electron chi connectivity index (χ3n) is 2.63. The molecular weight excluding hydrogens is 182 g/mol. The lowest BCUT2D eigenvalue weighted by Crippen LogP contribution is -2.17. The van der Waals surface area contributed by atoms with Crippen molar-refractivity contribution < 1.29 is 0 Å². The average Bonchev–Trinajstić information content (AvgIpc) is 2.49. The van der Waals surface area contributed by atoms with Crippen LogP contribution in [0.15, 0.2) is 18.2 Å². The topological polar surface area (TPSA) is 12.0 Å². The zero-order valence-electron chi connectivity index (χ0n) is 7.97. The lowest BCUT2D eigenvalue weighted by atomic mass is 9.96. The molecule has 1 aromatic rings. The third kappa shape index (κ3) is 1.47. The molecule has 70 valence electrons. The van der Waals surface area contributed by atoms with Gasteiger partial charge in [0, 0.05) is 17.6 Å². The lowest BCUT2D eigenvalue weighted by molar-refractivity contribution is 0.442. The third-order valence-corrected chi connectivity index (χ3v) is 2.96. The van der Waals surface area contributed by atoms with Crippen molar-refractivity contribution >= 4 is 11.6 Å². The van der Waals surface area contributed by atoms with E-state index in [4.69, 9.17) is 11.6 Å². The predicted octanol–water partition coefficient (Wildman–Crippen LogP) is 3.14. The number of nitrogens with one attached hydrogen (secondary N) is 1. The minimum Gasteiger partial charge on any atom is -0.306 e. The number of halogens is 1. The molecule has 1 N–H and O–H groups in total. The molecule has 0 amide bonds. The van der Waals surface area contributed by atoms with E-state index in [1.54, 1.807) is 0 Å². The Morgan fingerprint density at radius 1 is 1.46 bits per heavy atom. The van der Waals surface area contributed by atoms with Crippen molar-refractivity contribution in [2.45, 2.75) is 26.4 Å². The second kappa shape index (κ2) is 3.32. The zero-order valence-corrected chi connectivity index (χ0v) is 8.73. The molecular formula is C11H14ClN. The highest BCUT2D eigenvalue weighted by Crippen LogP contribution is 2.35. The molecule has 0 aliphatic carbocycles. The fourth-order valence-corrected chi connectivity index (χ4v) is 2.29. The maximum atomic E-state index is 6.17. The van der Waals surface area contributed by atoms with Crippen LogP contribution in [0, 0.1) is 5.92 Å². The fourth-order valence-electron chi connectivity index (χ4n) is 1.98. The SMILES string of the molecule is CC(C)C1NCc2cccc(Cl)c21. The van der Waals surface area contributed by atoms with Crippen LogP contribution < -0.4 is 5.32 Å². The minimum absolute atomic E-state index is 0.434. The Balaban J connectivity index is 2.46. The standard InChI is InChI=1S/C11H14ClN/c1-7(2)11-10-8(6-13-11)4-3-5-9(10)12/h3-5,7,11,13H,6H2,1-2H3. The van der Waals surface area contributed by atoms with E-state index in [-0.39, 0.29) is 0 Å². The molecule has 1 unspecified atom stereocenters. The van der Waals surface area contributed by atoms with Gasteiger partial charge in [0.2, 0.25) is 0 Å². The highest BCUT2D eigenvalue weighted by Gasteiger charge is 2.26. The van der Waals surface area contributed by atoms with Crippen molar-refractivity contribution in [2.24, 2.45) is 5.92 Å². The zero-order chi connectivity index (χ0) is 9.42. The first kappa shape index (κ1) is 9.04. The van der Waals surface area contributed by atoms with Crippen molar-refractivity contribution in [1.82, 2.24) is 5.32 Å². The van der Waals surface area contributed by atoms with Gasteiger partial charge < -0.3 is 5.32 Å². The van der Waals surface area contributed by atoms with Crippen molar-refractivity contribution in [3.8, 4) is 0 Å². The van der Waals surface area contributed by atoms with Gasteiger partial charge in [-0.2, -0.15) is 0 Å². The van der Waals surface area contributed by atoms with Crippen molar-refractivity contribution in [3.63, 3.8) is 0 Å². The van der Waals surface area contributed by atoms with Crippen LogP contribution in [-0.4, -0.2) is 0 Å². The fraction of sp³-hybridized carbons (Fsp3) is 0.455. The first-order chi connectivity index (χ1) is 6.20. The summed E-state index contributed by atoms with van der Waals surface area (Å²) in [6, 6.07) is 6.58. The maximum absolute atomic E-state index is 6.17. The molecule has 0 fully saturated rings. The summed E-state index contributed by atoms with van der Waals surface area (Å²) < 4.78 is 0. The number of hydrogen-bond acceptors (Lipinski definition) is 1. The van der Waals surface area contributed by atoms with Crippen LogP contribution in [0.3, 0.4) is 0 Å². The molecule has 1 aliphatic rings. The van der Waals surface area contributed by atoms with Gasteiger partial charge >= 0.3 is 0 Å². The van der Waals surface area contributed by atoms with Crippen molar-refractivity contribution in [1.29, 1.82) is 0 Å². The largest absolute Gasteiger partial charge is 0.306 e. The highest BCUT2D eigenvalue weighted by molar-refractivity contribution is 6.31. The van der Waals surface area contributed by atoms with Crippen LogP contribution in [-0.2, 0) is 6.54 Å². The van der Waals surface area contributed by atoms with E-state index in [2.05, 4.69) is 25.2 Å². The Morgan fingerprint density at radius 3 is 2.92 bits per heavy atom. The van der Waals surface area contributed by atoms with E-state index in [1.807, 2.05) is 12.1 Å². The van der Waals surface area contributed by atoms with Crippen LogP contribution >= 0.6 is 11.6 Å². The van der Waals surface area contributed by atoms with Crippen LogP contribution in [0.5, 0.6) is 0 Å². The maximum Gasteiger partial charge on any atom is 0.0457 e. The summed E-state index contributed by atoms with van der Waals surface area (Å²) in [5, 5.41) is 4.38. The van der Waals surface area contributed by atoms with Crippen molar-refractivity contribution in [2.75, 3.05) is 0 Å². The molecule has 0 spiro atoms. The quantitative estimate of drug-likeness (QED) is 0.726. The number of fused-ring (bicyclic) bond motifs is 1. The molecule has 0 radical (unpaired) electrons. The molecule has 1 aliphatic heterocycles. The monoisotopic (exact) mass is 195 g/mol. The number of hydrogen-bond donors (Lipinski definition) is 1. The van der Waals surface area contributed by atoms with Crippen LogP contribution in [0.2, 0.25) is 5.02 Å². The van der Waals surface area contributed by atoms with Gasteiger partial charge in [-0.1, -0.05) is 37.6 Å². The van der Waals surface area contributed by atoms with Gasteiger partial charge in [-0.15, -0.1) is 0 Å². The predicted molar refractivity (Wildman–Crippen MR) is 55.9 cm³/mol. The van der Waals surface area contributed by atoms with E-state index in [1.165, 1.54) is 11.1 Å². The number of benzene rings is 1. The van der Waals surface area contributed by atoms with Gasteiger partial charge in [0.05, 0.1) is 0 Å². The molecule has 1 nitrogen and oxygen atoms in total.